The van der Waals surface area contributed by atoms with E-state index in [0.29, 0.717) is 10.7 Å². The van der Waals surface area contributed by atoms with E-state index < -0.39 is 15.8 Å². The minimum atomic E-state index is -3.33. The number of H-pyrrole nitrogens is 1. The normalized spacial score (nSPS) is 12.9. The van der Waals surface area contributed by atoms with Crippen LogP contribution in [-0.4, -0.2) is 31.1 Å². The van der Waals surface area contributed by atoms with Crippen molar-refractivity contribution in [3.8, 4) is 11.3 Å². The van der Waals surface area contributed by atoms with Crippen LogP contribution in [0.2, 0.25) is 5.02 Å². The summed E-state index contributed by atoms with van der Waals surface area (Å²) in [5.41, 5.74) is 3.03. The monoisotopic (exact) mass is 460 g/mol. The smallest absolute Gasteiger partial charge is 0.215 e. The summed E-state index contributed by atoms with van der Waals surface area (Å²) in [6.07, 6.45) is 1.16. The Kier molecular flexibility index (Phi) is 5.40. The number of rotatable bonds is 6. The van der Waals surface area contributed by atoms with E-state index in [1.165, 1.54) is 11.3 Å². The van der Waals surface area contributed by atoms with E-state index in [2.05, 4.69) is 4.98 Å². The minimum absolute atomic E-state index is 0.215. The highest BCUT2D eigenvalue weighted by Gasteiger charge is 2.28. The van der Waals surface area contributed by atoms with Gasteiger partial charge in [-0.1, -0.05) is 35.9 Å². The van der Waals surface area contributed by atoms with E-state index in [0.717, 1.165) is 33.2 Å². The van der Waals surface area contributed by atoms with Gasteiger partial charge in [0.05, 0.1) is 16.5 Å². The Hall–Kier alpha value is -2.68. The predicted octanol–water partition coefficient (Wildman–Crippen LogP) is 5.36. The molecule has 0 aliphatic rings. The molecule has 4 aromatic rings. The first-order valence-electron chi connectivity index (χ1n) is 9.01. The second-order valence-corrected chi connectivity index (χ2v) is 10.4. The number of nitro groups is 1. The third kappa shape index (κ3) is 3.98. The number of fused-ring (bicyclic) bond motifs is 1. The molecule has 2 aromatic carbocycles. The first kappa shape index (κ1) is 20.6. The van der Waals surface area contributed by atoms with Crippen molar-refractivity contribution >= 4 is 43.7 Å². The standard InChI is InChI=1S/C21H17ClN2O4S2/c1-30(27,28)15-7-4-13(5-8-15)21-20(16-9-6-14(22)11-18(16)23-21)17(12-24(25)26)19-3-2-10-29-19/h2-11,17,23H,12H2,1H3. The first-order valence-corrected chi connectivity index (χ1v) is 12.2. The molecule has 0 aliphatic heterocycles. The van der Waals surface area contributed by atoms with Crippen molar-refractivity contribution in [3.63, 3.8) is 0 Å². The van der Waals surface area contributed by atoms with E-state index in [-0.39, 0.29) is 16.4 Å². The van der Waals surface area contributed by atoms with Gasteiger partial charge in [0.1, 0.15) is 0 Å². The number of nitrogens with zero attached hydrogens (tertiary/aromatic N) is 1. The minimum Gasteiger partial charge on any atom is -0.354 e. The Morgan fingerprint density at radius 2 is 1.90 bits per heavy atom. The maximum Gasteiger partial charge on any atom is 0.215 e. The summed E-state index contributed by atoms with van der Waals surface area (Å²) in [6.45, 7) is -0.259. The fourth-order valence-corrected chi connectivity index (χ4v) is 5.24. The van der Waals surface area contributed by atoms with Gasteiger partial charge in [-0.05, 0) is 41.3 Å². The quantitative estimate of drug-likeness (QED) is 0.309. The zero-order valence-corrected chi connectivity index (χ0v) is 18.2. The molecule has 9 heteroatoms. The number of hydrogen-bond acceptors (Lipinski definition) is 5. The maximum absolute atomic E-state index is 11.8. The topological polar surface area (TPSA) is 93.1 Å². The molecular weight excluding hydrogens is 444 g/mol. The van der Waals surface area contributed by atoms with Crippen LogP contribution < -0.4 is 0 Å². The summed E-state index contributed by atoms with van der Waals surface area (Å²) in [4.78, 5) is 15.6. The number of hydrogen-bond donors (Lipinski definition) is 1. The van der Waals surface area contributed by atoms with Gasteiger partial charge in [0.2, 0.25) is 6.54 Å². The predicted molar refractivity (Wildman–Crippen MR) is 120 cm³/mol. The summed E-state index contributed by atoms with van der Waals surface area (Å²) in [6, 6.07) is 15.7. The van der Waals surface area contributed by atoms with Gasteiger partial charge in [-0.3, -0.25) is 10.1 Å². The van der Waals surface area contributed by atoms with Crippen LogP contribution in [0.1, 0.15) is 16.4 Å². The molecule has 0 bridgehead atoms. The molecule has 0 radical (unpaired) electrons. The molecule has 2 heterocycles. The second kappa shape index (κ2) is 7.86. The third-order valence-electron chi connectivity index (χ3n) is 4.94. The number of thiophene rings is 1. The van der Waals surface area contributed by atoms with Crippen LogP contribution in [0.5, 0.6) is 0 Å². The lowest BCUT2D eigenvalue weighted by Crippen LogP contribution is -2.13. The molecule has 154 valence electrons. The maximum atomic E-state index is 11.8. The fourth-order valence-electron chi connectivity index (χ4n) is 3.61. The van der Waals surface area contributed by atoms with Gasteiger partial charge < -0.3 is 4.98 Å². The number of aromatic nitrogens is 1. The van der Waals surface area contributed by atoms with Gasteiger partial charge in [-0.2, -0.15) is 0 Å². The van der Waals surface area contributed by atoms with E-state index in [4.69, 9.17) is 11.6 Å². The van der Waals surface area contributed by atoms with E-state index in [1.54, 1.807) is 36.4 Å². The van der Waals surface area contributed by atoms with Crippen molar-refractivity contribution in [1.29, 1.82) is 0 Å². The van der Waals surface area contributed by atoms with Crippen molar-refractivity contribution in [2.75, 3.05) is 12.8 Å². The largest absolute Gasteiger partial charge is 0.354 e. The van der Waals surface area contributed by atoms with Crippen LogP contribution in [0.3, 0.4) is 0 Å². The van der Waals surface area contributed by atoms with Crippen molar-refractivity contribution in [2.24, 2.45) is 0 Å². The fraction of sp³-hybridized carbons (Fsp3) is 0.143. The highest BCUT2D eigenvalue weighted by molar-refractivity contribution is 7.90. The number of halogens is 1. The van der Waals surface area contributed by atoms with Gasteiger partial charge in [-0.25, -0.2) is 8.42 Å². The van der Waals surface area contributed by atoms with Crippen LogP contribution >= 0.6 is 22.9 Å². The first-order chi connectivity index (χ1) is 14.2. The Balaban J connectivity index is 1.96. The van der Waals surface area contributed by atoms with Crippen LogP contribution in [0.25, 0.3) is 22.2 Å². The molecule has 6 nitrogen and oxygen atoms in total. The van der Waals surface area contributed by atoms with E-state index >= 15 is 0 Å². The molecule has 30 heavy (non-hydrogen) atoms. The van der Waals surface area contributed by atoms with Gasteiger partial charge in [0, 0.05) is 37.5 Å². The number of sulfone groups is 1. The third-order valence-corrected chi connectivity index (χ3v) is 7.29. The van der Waals surface area contributed by atoms with Crippen LogP contribution in [0.4, 0.5) is 0 Å². The van der Waals surface area contributed by atoms with Crippen molar-refractivity contribution in [3.05, 3.63) is 85.6 Å². The highest BCUT2D eigenvalue weighted by Crippen LogP contribution is 2.41. The molecule has 0 fully saturated rings. The van der Waals surface area contributed by atoms with Crippen LogP contribution in [0.15, 0.2) is 64.9 Å². The number of nitrogens with one attached hydrogen (secondary N) is 1. The molecule has 0 saturated carbocycles. The summed E-state index contributed by atoms with van der Waals surface area (Å²) in [5, 5.41) is 14.8. The summed E-state index contributed by atoms with van der Waals surface area (Å²) >= 11 is 7.64. The van der Waals surface area contributed by atoms with Gasteiger partial charge >= 0.3 is 0 Å². The SMILES string of the molecule is CS(=O)(=O)c1ccc(-c2[nH]c3cc(Cl)ccc3c2C(C[N+](=O)[O-])c2cccs2)cc1. The number of aromatic amines is 1. The van der Waals surface area contributed by atoms with Gasteiger partial charge in [-0.15, -0.1) is 11.3 Å². The Bertz CT molecular complexity index is 1330. The molecular formula is C21H17ClN2O4S2. The summed E-state index contributed by atoms with van der Waals surface area (Å²) in [5.74, 6) is -0.459. The molecule has 4 rings (SSSR count). The van der Waals surface area contributed by atoms with Crippen molar-refractivity contribution in [1.82, 2.24) is 4.98 Å². The zero-order chi connectivity index (χ0) is 21.5. The molecule has 0 saturated heterocycles. The van der Waals surface area contributed by atoms with E-state index in [1.807, 2.05) is 23.6 Å². The van der Waals surface area contributed by atoms with Gasteiger partial charge in [0.15, 0.2) is 9.84 Å². The molecule has 0 aliphatic carbocycles. The molecule has 1 unspecified atom stereocenters. The second-order valence-electron chi connectivity index (χ2n) is 6.98. The van der Waals surface area contributed by atoms with E-state index in [9.17, 15) is 18.5 Å². The number of benzene rings is 2. The van der Waals surface area contributed by atoms with Crippen LogP contribution in [-0.2, 0) is 9.84 Å². The lowest BCUT2D eigenvalue weighted by Gasteiger charge is -2.14. The lowest BCUT2D eigenvalue weighted by atomic mass is 9.92. The van der Waals surface area contributed by atoms with Crippen molar-refractivity contribution in [2.45, 2.75) is 10.8 Å². The highest BCUT2D eigenvalue weighted by atomic mass is 35.5. The Labute approximate surface area is 182 Å². The average molecular weight is 461 g/mol. The van der Waals surface area contributed by atoms with Crippen LogP contribution in [0, 0.1) is 10.1 Å². The summed E-state index contributed by atoms with van der Waals surface area (Å²) < 4.78 is 23.6. The van der Waals surface area contributed by atoms with Crippen molar-refractivity contribution < 1.29 is 13.3 Å². The average Bonchev–Trinajstić information content (AvgIpc) is 3.33. The summed E-state index contributed by atoms with van der Waals surface area (Å²) in [7, 11) is -3.33. The Morgan fingerprint density at radius 3 is 2.50 bits per heavy atom. The molecule has 1 atom stereocenters. The zero-order valence-electron chi connectivity index (χ0n) is 15.8. The molecule has 0 amide bonds. The molecule has 1 N–H and O–H groups in total. The Morgan fingerprint density at radius 1 is 1.17 bits per heavy atom. The molecule has 2 aromatic heterocycles. The lowest BCUT2D eigenvalue weighted by molar-refractivity contribution is -0.481. The molecule has 0 spiro atoms. The van der Waals surface area contributed by atoms with Gasteiger partial charge in [0.25, 0.3) is 0 Å².